The Morgan fingerprint density at radius 1 is 1.23 bits per heavy atom. The smallest absolute Gasteiger partial charge is 0.277 e. The first-order chi connectivity index (χ1) is 12.6. The van der Waals surface area contributed by atoms with Crippen LogP contribution in [0.15, 0.2) is 41.8 Å². The van der Waals surface area contributed by atoms with Gasteiger partial charge in [0.1, 0.15) is 5.75 Å². The van der Waals surface area contributed by atoms with E-state index in [0.29, 0.717) is 29.1 Å². The number of rotatable bonds is 6. The van der Waals surface area contributed by atoms with Crippen LogP contribution in [0.5, 0.6) is 11.6 Å². The predicted octanol–water partition coefficient (Wildman–Crippen LogP) is 4.52. The lowest BCUT2D eigenvalue weighted by Crippen LogP contribution is -2.14. The van der Waals surface area contributed by atoms with E-state index in [2.05, 4.69) is 15.3 Å². The Morgan fingerprint density at radius 3 is 2.81 bits per heavy atom. The van der Waals surface area contributed by atoms with Crippen molar-refractivity contribution < 1.29 is 14.3 Å². The zero-order valence-corrected chi connectivity index (χ0v) is 15.7. The van der Waals surface area contributed by atoms with Gasteiger partial charge >= 0.3 is 0 Å². The molecular formula is C18H16ClN3O3S. The maximum atomic E-state index is 12.5. The molecule has 0 atom stereocenters. The van der Waals surface area contributed by atoms with E-state index in [1.807, 2.05) is 36.6 Å². The SMILES string of the molecule is CCOc1ccc(Cl)c(C(=O)Nc2nc(-c3ccccc3OC)cs2)n1. The third kappa shape index (κ3) is 3.95. The monoisotopic (exact) mass is 389 g/mol. The second kappa shape index (κ2) is 8.16. The molecule has 0 spiro atoms. The molecule has 0 saturated heterocycles. The number of carbonyl (C=O) groups excluding carboxylic acids is 1. The van der Waals surface area contributed by atoms with E-state index in [1.165, 1.54) is 11.3 Å². The summed E-state index contributed by atoms with van der Waals surface area (Å²) in [5.74, 6) is 0.609. The molecule has 0 fully saturated rings. The third-order valence-corrected chi connectivity index (χ3v) is 4.50. The molecule has 3 aromatic rings. The average Bonchev–Trinajstić information content (AvgIpc) is 3.11. The molecule has 0 radical (unpaired) electrons. The first-order valence-electron chi connectivity index (χ1n) is 7.82. The summed E-state index contributed by atoms with van der Waals surface area (Å²) in [5, 5.41) is 5.25. The number of methoxy groups -OCH3 is 1. The Morgan fingerprint density at radius 2 is 2.04 bits per heavy atom. The van der Waals surface area contributed by atoms with Gasteiger partial charge in [-0.2, -0.15) is 0 Å². The molecule has 0 aliphatic heterocycles. The molecule has 26 heavy (non-hydrogen) atoms. The van der Waals surface area contributed by atoms with Crippen LogP contribution in [0, 0.1) is 0 Å². The van der Waals surface area contributed by atoms with E-state index < -0.39 is 5.91 Å². The highest BCUT2D eigenvalue weighted by Crippen LogP contribution is 2.32. The molecule has 6 nitrogen and oxygen atoms in total. The zero-order chi connectivity index (χ0) is 18.5. The predicted molar refractivity (Wildman–Crippen MR) is 102 cm³/mol. The number of hydrogen-bond acceptors (Lipinski definition) is 6. The van der Waals surface area contributed by atoms with Crippen molar-refractivity contribution in [3.63, 3.8) is 0 Å². The number of amides is 1. The van der Waals surface area contributed by atoms with Gasteiger partial charge in [-0.3, -0.25) is 10.1 Å². The lowest BCUT2D eigenvalue weighted by atomic mass is 10.1. The van der Waals surface area contributed by atoms with E-state index in [4.69, 9.17) is 21.1 Å². The molecule has 0 bridgehead atoms. The highest BCUT2D eigenvalue weighted by atomic mass is 35.5. The Labute approximate surface area is 159 Å². The first kappa shape index (κ1) is 18.2. The van der Waals surface area contributed by atoms with Crippen LogP contribution in [0.2, 0.25) is 5.02 Å². The van der Waals surface area contributed by atoms with Crippen molar-refractivity contribution >= 4 is 34.0 Å². The Kier molecular flexibility index (Phi) is 5.70. The number of halogens is 1. The average molecular weight is 390 g/mol. The highest BCUT2D eigenvalue weighted by molar-refractivity contribution is 7.14. The van der Waals surface area contributed by atoms with E-state index >= 15 is 0 Å². The summed E-state index contributed by atoms with van der Waals surface area (Å²) in [6, 6.07) is 10.7. The van der Waals surface area contributed by atoms with Crippen LogP contribution >= 0.6 is 22.9 Å². The van der Waals surface area contributed by atoms with E-state index in [0.717, 1.165) is 5.56 Å². The first-order valence-corrected chi connectivity index (χ1v) is 9.07. The molecule has 0 unspecified atom stereocenters. The van der Waals surface area contributed by atoms with Crippen molar-refractivity contribution in [3.05, 3.63) is 52.5 Å². The Hall–Kier alpha value is -2.64. The third-order valence-electron chi connectivity index (χ3n) is 3.44. The summed E-state index contributed by atoms with van der Waals surface area (Å²) in [7, 11) is 1.60. The van der Waals surface area contributed by atoms with Crippen molar-refractivity contribution in [1.82, 2.24) is 9.97 Å². The van der Waals surface area contributed by atoms with Crippen LogP contribution < -0.4 is 14.8 Å². The number of aromatic nitrogens is 2. The molecule has 8 heteroatoms. The van der Waals surface area contributed by atoms with Gasteiger partial charge in [0.2, 0.25) is 5.88 Å². The fraction of sp³-hybridized carbons (Fsp3) is 0.167. The van der Waals surface area contributed by atoms with Crippen molar-refractivity contribution in [2.24, 2.45) is 0 Å². The summed E-state index contributed by atoms with van der Waals surface area (Å²) in [4.78, 5) is 21.1. The lowest BCUT2D eigenvalue weighted by molar-refractivity contribution is 0.102. The van der Waals surface area contributed by atoms with Gasteiger partial charge in [0, 0.05) is 17.0 Å². The largest absolute Gasteiger partial charge is 0.496 e. The normalized spacial score (nSPS) is 10.4. The zero-order valence-electron chi connectivity index (χ0n) is 14.2. The van der Waals surface area contributed by atoms with Crippen molar-refractivity contribution in [2.75, 3.05) is 19.0 Å². The number of anilines is 1. The minimum atomic E-state index is -0.447. The molecule has 2 aromatic heterocycles. The van der Waals surface area contributed by atoms with Crippen LogP contribution in [-0.4, -0.2) is 29.6 Å². The van der Waals surface area contributed by atoms with Crippen molar-refractivity contribution in [1.29, 1.82) is 0 Å². The number of benzene rings is 1. The van der Waals surface area contributed by atoms with Crippen LogP contribution in [0.1, 0.15) is 17.4 Å². The molecule has 3 rings (SSSR count). The second-order valence-electron chi connectivity index (χ2n) is 5.11. The van der Waals surface area contributed by atoms with Gasteiger partial charge in [0.25, 0.3) is 5.91 Å². The topological polar surface area (TPSA) is 73.3 Å². The fourth-order valence-corrected chi connectivity index (χ4v) is 3.18. The summed E-state index contributed by atoms with van der Waals surface area (Å²) < 4.78 is 10.7. The van der Waals surface area contributed by atoms with E-state index in [9.17, 15) is 4.79 Å². The number of nitrogens with zero attached hydrogens (tertiary/aromatic N) is 2. The van der Waals surface area contributed by atoms with Gasteiger partial charge in [-0.1, -0.05) is 23.7 Å². The van der Waals surface area contributed by atoms with Crippen molar-refractivity contribution in [2.45, 2.75) is 6.92 Å². The molecule has 134 valence electrons. The molecule has 0 aliphatic rings. The van der Waals surface area contributed by atoms with Crippen molar-refractivity contribution in [3.8, 4) is 22.9 Å². The van der Waals surface area contributed by atoms with Gasteiger partial charge in [0.15, 0.2) is 10.8 Å². The molecule has 0 aliphatic carbocycles. The van der Waals surface area contributed by atoms with Gasteiger partial charge in [-0.05, 0) is 25.1 Å². The highest BCUT2D eigenvalue weighted by Gasteiger charge is 2.16. The van der Waals surface area contributed by atoms with Gasteiger partial charge < -0.3 is 9.47 Å². The molecule has 2 heterocycles. The molecular weight excluding hydrogens is 374 g/mol. The summed E-state index contributed by atoms with van der Waals surface area (Å²) in [6.07, 6.45) is 0. The Bertz CT molecular complexity index is 930. The number of carbonyl (C=O) groups is 1. The Balaban J connectivity index is 1.81. The van der Waals surface area contributed by atoms with Gasteiger partial charge in [0.05, 0.1) is 24.4 Å². The maximum Gasteiger partial charge on any atom is 0.277 e. The maximum absolute atomic E-state index is 12.5. The lowest BCUT2D eigenvalue weighted by Gasteiger charge is -2.07. The number of ether oxygens (including phenoxy) is 2. The standard InChI is InChI=1S/C18H16ClN3O3S/c1-3-25-15-9-8-12(19)16(21-15)17(23)22-18-20-13(10-26-18)11-6-4-5-7-14(11)24-2/h4-10H,3H2,1-2H3,(H,20,22,23). The summed E-state index contributed by atoms with van der Waals surface area (Å²) in [5.41, 5.74) is 1.65. The number of nitrogens with one attached hydrogen (secondary N) is 1. The summed E-state index contributed by atoms with van der Waals surface area (Å²) >= 11 is 7.39. The fourth-order valence-electron chi connectivity index (χ4n) is 2.28. The number of pyridine rings is 1. The quantitative estimate of drug-likeness (QED) is 0.671. The minimum Gasteiger partial charge on any atom is -0.496 e. The molecule has 0 saturated carbocycles. The number of para-hydroxylation sites is 1. The van der Waals surface area contributed by atoms with E-state index in [1.54, 1.807) is 19.2 Å². The minimum absolute atomic E-state index is 0.0895. The molecule has 1 N–H and O–H groups in total. The van der Waals surface area contributed by atoms with Crippen LogP contribution in [0.3, 0.4) is 0 Å². The number of hydrogen-bond donors (Lipinski definition) is 1. The second-order valence-corrected chi connectivity index (χ2v) is 6.37. The molecule has 1 aromatic carbocycles. The van der Waals surface area contributed by atoms with Crippen LogP contribution in [0.4, 0.5) is 5.13 Å². The van der Waals surface area contributed by atoms with Gasteiger partial charge in [-0.15, -0.1) is 11.3 Å². The van der Waals surface area contributed by atoms with Crippen LogP contribution in [-0.2, 0) is 0 Å². The number of thiazole rings is 1. The van der Waals surface area contributed by atoms with Crippen LogP contribution in [0.25, 0.3) is 11.3 Å². The summed E-state index contributed by atoms with van der Waals surface area (Å²) in [6.45, 7) is 2.29. The molecule has 1 amide bonds. The van der Waals surface area contributed by atoms with E-state index in [-0.39, 0.29) is 10.7 Å². The van der Waals surface area contributed by atoms with Gasteiger partial charge in [-0.25, -0.2) is 9.97 Å².